The summed E-state index contributed by atoms with van der Waals surface area (Å²) in [6, 6.07) is 19.1. The average Bonchev–Trinajstić information content (AvgIpc) is 2.95. The van der Waals surface area contributed by atoms with E-state index in [1.165, 1.54) is 24.1 Å². The van der Waals surface area contributed by atoms with Crippen molar-refractivity contribution in [1.82, 2.24) is 9.97 Å². The number of aromatic amines is 1. The van der Waals surface area contributed by atoms with Crippen LogP contribution in [-0.2, 0) is 23.4 Å². The van der Waals surface area contributed by atoms with Gasteiger partial charge in [0.15, 0.2) is 0 Å². The highest BCUT2D eigenvalue weighted by molar-refractivity contribution is 5.71. The van der Waals surface area contributed by atoms with Gasteiger partial charge in [-0.15, -0.1) is 0 Å². The van der Waals surface area contributed by atoms with Crippen molar-refractivity contribution in [2.75, 3.05) is 5.73 Å². The molecular weight excluding hydrogens is 537 g/mol. The van der Waals surface area contributed by atoms with Gasteiger partial charge >= 0.3 is 6.18 Å². The second kappa shape index (κ2) is 8.72. The molecule has 2 unspecified atom stereocenters. The molecule has 0 saturated heterocycles. The average molecular weight is 569 g/mol. The first-order chi connectivity index (χ1) is 20.1. The van der Waals surface area contributed by atoms with Gasteiger partial charge in [0.05, 0.1) is 11.1 Å². The van der Waals surface area contributed by atoms with Crippen LogP contribution >= 0.6 is 0 Å². The Morgan fingerprint density at radius 2 is 1.69 bits per heavy atom. The maximum absolute atomic E-state index is 13.8. The molecule has 4 fully saturated rings. The molecule has 4 bridgehead atoms. The van der Waals surface area contributed by atoms with E-state index in [9.17, 15) is 13.2 Å². The van der Waals surface area contributed by atoms with Crippen LogP contribution in [0.4, 0.5) is 18.9 Å². The molecule has 0 spiro atoms. The summed E-state index contributed by atoms with van der Waals surface area (Å²) in [6.45, 7) is 0. The van der Waals surface area contributed by atoms with Crippen molar-refractivity contribution in [3.63, 3.8) is 0 Å². The van der Waals surface area contributed by atoms with Gasteiger partial charge < -0.3 is 15.5 Å². The third-order valence-electron chi connectivity index (χ3n) is 10.3. The van der Waals surface area contributed by atoms with E-state index in [0.717, 1.165) is 55.2 Å². The molecule has 4 N–H and O–H groups in total. The fourth-order valence-corrected chi connectivity index (χ4v) is 8.98. The summed E-state index contributed by atoms with van der Waals surface area (Å²) >= 11 is 0. The molecule has 4 aromatic rings. The number of rotatable bonds is 3. The van der Waals surface area contributed by atoms with Gasteiger partial charge in [-0.25, -0.2) is 0 Å². The molecule has 8 heteroatoms. The number of H-pyrrole nitrogens is 1. The molecule has 1 aliphatic heterocycles. The number of alkyl halides is 3. The van der Waals surface area contributed by atoms with E-state index < -0.39 is 11.7 Å². The first-order valence-corrected chi connectivity index (χ1v) is 14.6. The summed E-state index contributed by atoms with van der Waals surface area (Å²) in [7, 11) is 0. The SMILES string of the molecule is N=c1[nH]c(C23CC4CC(CC(c5cccc(N)c5)(C4)C2)C3)nc2c1Cc1ccc(-c3ccccc3C(F)(F)F)cc1O2. The molecular formula is C34H31F3N4O. The summed E-state index contributed by atoms with van der Waals surface area (Å²) in [4.78, 5) is 8.45. The zero-order valence-electron chi connectivity index (χ0n) is 23.0. The molecule has 0 amide bonds. The number of nitrogens with two attached hydrogens (primary N) is 1. The van der Waals surface area contributed by atoms with Crippen LogP contribution in [0.3, 0.4) is 0 Å². The fraction of sp³-hybridized carbons (Fsp3) is 0.353. The number of anilines is 1. The van der Waals surface area contributed by atoms with Crippen LogP contribution in [0.1, 0.15) is 66.6 Å². The summed E-state index contributed by atoms with van der Waals surface area (Å²) in [5, 5.41) is 8.94. The number of fused-ring (bicyclic) bond motifs is 2. The van der Waals surface area contributed by atoms with Crippen LogP contribution in [0.5, 0.6) is 11.6 Å². The maximum atomic E-state index is 13.8. The predicted molar refractivity (Wildman–Crippen MR) is 153 cm³/mol. The highest BCUT2D eigenvalue weighted by Crippen LogP contribution is 2.66. The molecule has 2 heterocycles. The van der Waals surface area contributed by atoms with Crippen molar-refractivity contribution in [2.24, 2.45) is 11.8 Å². The normalized spacial score (nSPS) is 27.3. The summed E-state index contributed by atoms with van der Waals surface area (Å²) < 4.78 is 47.6. The Morgan fingerprint density at radius 1 is 0.929 bits per heavy atom. The number of nitrogens with zero attached hydrogens (tertiary/aromatic N) is 1. The number of nitrogen functional groups attached to an aromatic ring is 1. The van der Waals surface area contributed by atoms with E-state index in [-0.39, 0.29) is 16.4 Å². The van der Waals surface area contributed by atoms with Crippen molar-refractivity contribution in [2.45, 2.75) is 62.0 Å². The van der Waals surface area contributed by atoms with E-state index in [1.807, 2.05) is 12.1 Å². The molecule has 2 atom stereocenters. The first kappa shape index (κ1) is 25.6. The predicted octanol–water partition coefficient (Wildman–Crippen LogP) is 7.64. The van der Waals surface area contributed by atoms with Crippen LogP contribution in [0.2, 0.25) is 0 Å². The molecule has 5 nitrogen and oxygen atoms in total. The first-order valence-electron chi connectivity index (χ1n) is 14.6. The van der Waals surface area contributed by atoms with Gasteiger partial charge in [0.1, 0.15) is 17.1 Å². The molecule has 5 aliphatic rings. The molecule has 3 aromatic carbocycles. The van der Waals surface area contributed by atoms with Gasteiger partial charge in [-0.2, -0.15) is 18.2 Å². The Morgan fingerprint density at radius 3 is 2.45 bits per heavy atom. The fourth-order valence-electron chi connectivity index (χ4n) is 8.98. The lowest BCUT2D eigenvalue weighted by Gasteiger charge is -2.62. The van der Waals surface area contributed by atoms with Crippen molar-refractivity contribution < 1.29 is 17.9 Å². The highest BCUT2D eigenvalue weighted by atomic mass is 19.4. The van der Waals surface area contributed by atoms with E-state index in [0.29, 0.717) is 46.5 Å². The van der Waals surface area contributed by atoms with Crippen LogP contribution in [0, 0.1) is 17.2 Å². The number of halogens is 3. The molecule has 1 aromatic heterocycles. The number of ether oxygens (including phenoxy) is 1. The van der Waals surface area contributed by atoms with Crippen molar-refractivity contribution in [1.29, 1.82) is 5.41 Å². The second-order valence-electron chi connectivity index (χ2n) is 13.0. The van der Waals surface area contributed by atoms with E-state index >= 15 is 0 Å². The number of aromatic nitrogens is 2. The Kier molecular flexibility index (Phi) is 5.32. The molecule has 9 rings (SSSR count). The Bertz CT molecular complexity index is 1800. The van der Waals surface area contributed by atoms with Gasteiger partial charge in [0.2, 0.25) is 5.88 Å². The number of benzene rings is 3. The topological polar surface area (TPSA) is 87.8 Å². The van der Waals surface area contributed by atoms with Gasteiger partial charge in [-0.05, 0) is 102 Å². The zero-order valence-corrected chi connectivity index (χ0v) is 23.0. The lowest BCUT2D eigenvalue weighted by molar-refractivity contribution is -0.137. The maximum Gasteiger partial charge on any atom is 0.417 e. The molecule has 42 heavy (non-hydrogen) atoms. The summed E-state index contributed by atoms with van der Waals surface area (Å²) in [6.07, 6.45) is 2.52. The van der Waals surface area contributed by atoms with Crippen LogP contribution in [-0.4, -0.2) is 9.97 Å². The molecule has 4 aliphatic carbocycles. The Balaban J connectivity index is 1.17. The Hall–Kier alpha value is -4.07. The van der Waals surface area contributed by atoms with Crippen molar-refractivity contribution >= 4 is 5.69 Å². The third-order valence-corrected chi connectivity index (χ3v) is 10.3. The molecule has 4 saturated carbocycles. The number of hydrogen-bond donors (Lipinski definition) is 3. The van der Waals surface area contributed by atoms with Gasteiger partial charge in [-0.3, -0.25) is 5.41 Å². The summed E-state index contributed by atoms with van der Waals surface area (Å²) in [5.41, 5.74) is 9.82. The number of hydrogen-bond acceptors (Lipinski definition) is 4. The third kappa shape index (κ3) is 3.91. The van der Waals surface area contributed by atoms with Gasteiger partial charge in [0, 0.05) is 17.5 Å². The lowest BCUT2D eigenvalue weighted by atomic mass is 9.42. The largest absolute Gasteiger partial charge is 0.438 e. The van der Waals surface area contributed by atoms with Crippen molar-refractivity contribution in [3.05, 3.63) is 100 Å². The second-order valence-corrected chi connectivity index (χ2v) is 13.0. The quantitative estimate of drug-likeness (QED) is 0.196. The van der Waals surface area contributed by atoms with E-state index in [2.05, 4.69) is 17.1 Å². The van der Waals surface area contributed by atoms with E-state index in [1.54, 1.807) is 24.3 Å². The minimum Gasteiger partial charge on any atom is -0.438 e. The minimum absolute atomic E-state index is 0.0430. The van der Waals surface area contributed by atoms with Gasteiger partial charge in [0.25, 0.3) is 0 Å². The van der Waals surface area contributed by atoms with Crippen molar-refractivity contribution in [3.8, 4) is 22.8 Å². The standard InChI is InChI=1S/C34H31F3N4O/c35-34(36,37)27-7-2-1-6-25(27)21-8-9-22-11-26-29(39)40-31(41-30(26)42-28(22)12-21)33-16-19-10-20(17-33)15-32(14-19,18-33)23-4-3-5-24(38)13-23/h1-9,12-13,19-20H,10-11,14-18,38H2,(H2,39,40,41). The van der Waals surface area contributed by atoms with Crippen LogP contribution < -0.4 is 16.0 Å². The van der Waals surface area contributed by atoms with Gasteiger partial charge in [-0.1, -0.05) is 42.5 Å². The number of nitrogens with one attached hydrogen (secondary N) is 2. The zero-order chi connectivity index (χ0) is 28.9. The molecule has 0 radical (unpaired) electrons. The van der Waals surface area contributed by atoms with Crippen LogP contribution in [0.15, 0.2) is 66.7 Å². The lowest BCUT2D eigenvalue weighted by Crippen LogP contribution is -2.56. The smallest absolute Gasteiger partial charge is 0.417 e. The molecule has 214 valence electrons. The monoisotopic (exact) mass is 568 g/mol. The van der Waals surface area contributed by atoms with Crippen LogP contribution in [0.25, 0.3) is 11.1 Å². The van der Waals surface area contributed by atoms with E-state index in [4.69, 9.17) is 20.9 Å². The highest BCUT2D eigenvalue weighted by Gasteiger charge is 2.59. The Labute approximate surface area is 241 Å². The summed E-state index contributed by atoms with van der Waals surface area (Å²) in [5.74, 6) is 2.85. The minimum atomic E-state index is -4.47.